The monoisotopic (exact) mass is 862 g/mol. The number of amides is 1. The Labute approximate surface area is 361 Å². The molecule has 1 amide bonds. The Balaban J connectivity index is 0.000000278. The van der Waals surface area contributed by atoms with Gasteiger partial charge < -0.3 is 25.0 Å². The van der Waals surface area contributed by atoms with E-state index in [9.17, 15) is 22.4 Å². The maximum Gasteiger partial charge on any atom is 0.418 e. The van der Waals surface area contributed by atoms with E-state index in [-0.39, 0.29) is 35.3 Å². The van der Waals surface area contributed by atoms with Gasteiger partial charge in [0.25, 0.3) is 0 Å². The minimum absolute atomic E-state index is 0.0754. The Morgan fingerprint density at radius 1 is 1.11 bits per heavy atom. The second-order valence-electron chi connectivity index (χ2n) is 15.2. The van der Waals surface area contributed by atoms with Crippen molar-refractivity contribution in [1.29, 1.82) is 0 Å². The number of halogens is 5. The zero-order valence-corrected chi connectivity index (χ0v) is 36.0. The topological polar surface area (TPSA) is 91.3 Å². The second-order valence-corrected chi connectivity index (χ2v) is 15.2. The van der Waals surface area contributed by atoms with Gasteiger partial charge in [0, 0.05) is 74.1 Å². The summed E-state index contributed by atoms with van der Waals surface area (Å²) in [5.41, 5.74) is 6.09. The maximum atomic E-state index is 13.9. The zero-order chi connectivity index (χ0) is 44.2. The average molecular weight is 863 g/mol. The Hall–Kier alpha value is -5.24. The number of hydrogen-bond donors (Lipinski definition) is 2. The molecule has 1 spiro atoms. The zero-order valence-electron chi connectivity index (χ0n) is 35.3. The molecule has 3 heterocycles. The molecule has 0 radical (unpaired) electrons. The van der Waals surface area contributed by atoms with E-state index in [1.165, 1.54) is 23.6 Å². The van der Waals surface area contributed by atoms with Crippen LogP contribution in [0.5, 0.6) is 5.88 Å². The van der Waals surface area contributed by atoms with Crippen LogP contribution in [0.1, 0.15) is 67.5 Å². The summed E-state index contributed by atoms with van der Waals surface area (Å²) in [5, 5.41) is 5.06. The standard InChI is InChI=1S/C33H41FN4O2.C13H11F3N2O.CH3Cl/c1-5-21-39-26(3)23-38(32-14-13-25(2)22-31(32)35-4)20-19-37-17-15-27(16-18-37)30-11-8-12-33(36-30)40-24-28-9-6-7-10-29(28)34;1-7-12(2-3-12)9-4-8(17-6-19)5-10(11(9)18-7)13(14,15)16;1-2/h6-15,22,26H,4-5,16-21,23-24H2,1-3H3;4-6,18H,1-3H2,(H,17,19);1H3. The third kappa shape index (κ3) is 12.0. The number of aromatic nitrogens is 1. The molecule has 7 rings (SSSR count). The summed E-state index contributed by atoms with van der Waals surface area (Å²) in [6.45, 7) is 19.3. The van der Waals surface area contributed by atoms with E-state index < -0.39 is 11.7 Å². The quantitative estimate of drug-likeness (QED) is 0.0502. The number of fused-ring (bicyclic) bond motifs is 2. The molecule has 3 aliphatic rings. The minimum atomic E-state index is -4.47. The van der Waals surface area contributed by atoms with Crippen molar-refractivity contribution in [3.05, 3.63) is 125 Å². The highest BCUT2D eigenvalue weighted by molar-refractivity contribution is 6.15. The molecule has 9 nitrogen and oxygen atoms in total. The van der Waals surface area contributed by atoms with Gasteiger partial charge in [0.05, 0.1) is 34.4 Å². The summed E-state index contributed by atoms with van der Waals surface area (Å²) < 4.78 is 65.0. The molecule has 14 heteroatoms. The van der Waals surface area contributed by atoms with Crippen molar-refractivity contribution in [3.8, 4) is 5.88 Å². The van der Waals surface area contributed by atoms with Crippen LogP contribution in [0.3, 0.4) is 0 Å². The van der Waals surface area contributed by atoms with Gasteiger partial charge in [0.15, 0.2) is 0 Å². The number of alkyl halides is 4. The first-order valence-corrected chi connectivity index (χ1v) is 21.1. The van der Waals surface area contributed by atoms with Gasteiger partial charge in [0.1, 0.15) is 12.4 Å². The molecule has 61 heavy (non-hydrogen) atoms. The molecule has 326 valence electrons. The second kappa shape index (κ2) is 21.5. The van der Waals surface area contributed by atoms with Crippen LogP contribution < -0.4 is 20.3 Å². The molecular weight excluding hydrogens is 808 g/mol. The third-order valence-electron chi connectivity index (χ3n) is 10.9. The van der Waals surface area contributed by atoms with Crippen molar-refractivity contribution in [2.75, 3.05) is 61.2 Å². The largest absolute Gasteiger partial charge is 0.473 e. The molecule has 1 saturated carbocycles. The van der Waals surface area contributed by atoms with Gasteiger partial charge >= 0.3 is 6.18 Å². The summed E-state index contributed by atoms with van der Waals surface area (Å²) in [6, 6.07) is 21.3. The van der Waals surface area contributed by atoms with Crippen LogP contribution in [0.25, 0.3) is 5.57 Å². The van der Waals surface area contributed by atoms with Crippen molar-refractivity contribution in [1.82, 2.24) is 9.88 Å². The predicted molar refractivity (Wildman–Crippen MR) is 239 cm³/mol. The van der Waals surface area contributed by atoms with E-state index in [2.05, 4.69) is 95.4 Å². The van der Waals surface area contributed by atoms with Gasteiger partial charge in [-0.3, -0.25) is 14.7 Å². The highest BCUT2D eigenvalue weighted by Gasteiger charge is 2.54. The summed E-state index contributed by atoms with van der Waals surface area (Å²) in [7, 11) is 0. The van der Waals surface area contributed by atoms with E-state index in [1.54, 1.807) is 24.3 Å². The number of aliphatic imine (C=N–C) groups is 1. The summed E-state index contributed by atoms with van der Waals surface area (Å²) in [4.78, 5) is 24.3. The van der Waals surface area contributed by atoms with E-state index in [0.717, 1.165) is 88.1 Å². The molecular formula is C47H55ClF4N6O3. The van der Waals surface area contributed by atoms with Crippen molar-refractivity contribution in [3.63, 3.8) is 0 Å². The number of benzene rings is 3. The smallest absolute Gasteiger partial charge is 0.418 e. The number of carbonyl (C=O) groups excluding carboxylic acids is 1. The van der Waals surface area contributed by atoms with Crippen LogP contribution >= 0.6 is 11.6 Å². The van der Waals surface area contributed by atoms with Gasteiger partial charge in [-0.2, -0.15) is 13.2 Å². The molecule has 1 fully saturated rings. The van der Waals surface area contributed by atoms with E-state index in [4.69, 9.17) is 14.5 Å². The number of rotatable bonds is 16. The van der Waals surface area contributed by atoms with Gasteiger partial charge in [-0.15, -0.1) is 11.6 Å². The van der Waals surface area contributed by atoms with Crippen LogP contribution in [-0.2, 0) is 27.7 Å². The van der Waals surface area contributed by atoms with Crippen molar-refractivity contribution in [2.24, 2.45) is 4.99 Å². The fourth-order valence-corrected chi connectivity index (χ4v) is 7.53. The molecule has 1 aliphatic carbocycles. The molecule has 0 saturated heterocycles. The normalized spacial score (nSPS) is 15.5. The molecule has 4 aromatic rings. The highest BCUT2D eigenvalue weighted by atomic mass is 35.5. The van der Waals surface area contributed by atoms with Gasteiger partial charge in [-0.25, -0.2) is 9.37 Å². The van der Waals surface area contributed by atoms with Gasteiger partial charge in [0.2, 0.25) is 12.3 Å². The summed E-state index contributed by atoms with van der Waals surface area (Å²) >= 11 is 4.64. The molecule has 0 bridgehead atoms. The first-order valence-electron chi connectivity index (χ1n) is 20.3. The van der Waals surface area contributed by atoms with Crippen molar-refractivity contribution in [2.45, 2.75) is 70.8 Å². The average Bonchev–Trinajstić information content (AvgIpc) is 4.03. The first-order chi connectivity index (χ1) is 29.3. The van der Waals surface area contributed by atoms with Crippen LogP contribution in [0.2, 0.25) is 0 Å². The van der Waals surface area contributed by atoms with Crippen LogP contribution in [0.15, 0.2) is 96.1 Å². The first kappa shape index (κ1) is 46.8. The van der Waals surface area contributed by atoms with Crippen LogP contribution in [0.4, 0.5) is 40.3 Å². The predicted octanol–water partition coefficient (Wildman–Crippen LogP) is 11.0. The summed E-state index contributed by atoms with van der Waals surface area (Å²) in [6.07, 6.45) is 3.23. The lowest BCUT2D eigenvalue weighted by Gasteiger charge is -2.33. The Morgan fingerprint density at radius 2 is 1.89 bits per heavy atom. The number of nitrogens with zero attached hydrogens (tertiary/aromatic N) is 4. The number of carbonyl (C=O) groups is 1. The number of ether oxygens (including phenoxy) is 2. The Morgan fingerprint density at radius 3 is 2.54 bits per heavy atom. The lowest BCUT2D eigenvalue weighted by Crippen LogP contribution is -2.40. The molecule has 1 aromatic heterocycles. The minimum Gasteiger partial charge on any atom is -0.473 e. The maximum absolute atomic E-state index is 13.9. The number of pyridine rings is 1. The highest BCUT2D eigenvalue weighted by Crippen LogP contribution is 2.61. The Bertz CT molecular complexity index is 2180. The fraction of sp³-hybridized carbons (Fsp3) is 0.383. The van der Waals surface area contributed by atoms with Crippen molar-refractivity contribution >= 4 is 53.1 Å². The third-order valence-corrected chi connectivity index (χ3v) is 10.9. The molecule has 2 aliphatic heterocycles. The van der Waals surface area contributed by atoms with E-state index >= 15 is 0 Å². The lowest BCUT2D eigenvalue weighted by atomic mass is 9.93. The molecule has 2 N–H and O–H groups in total. The number of allylic oxidation sites excluding steroid dienone is 1. The SMILES string of the molecule is C=C1Nc2c(C(F)(F)F)cc(NC=O)cc2C12CC2.C=Nc1cc(C)ccc1N(CCN1CC=C(c2cccc(OCc3ccccc3F)n2)CC1)CC(C)OCCC.CCl. The molecule has 1 atom stereocenters. The number of anilines is 3. The van der Waals surface area contributed by atoms with Crippen LogP contribution in [0, 0.1) is 12.7 Å². The molecule has 3 aromatic carbocycles. The summed E-state index contributed by atoms with van der Waals surface area (Å²) in [5.74, 6) is 0.235. The molecule has 1 unspecified atom stereocenters. The number of aryl methyl sites for hydroxylation is 1. The fourth-order valence-electron chi connectivity index (χ4n) is 7.53. The van der Waals surface area contributed by atoms with Crippen molar-refractivity contribution < 1.29 is 31.8 Å². The Kier molecular flexibility index (Phi) is 16.5. The van der Waals surface area contributed by atoms with Gasteiger partial charge in [-0.05, 0) is 99.3 Å². The van der Waals surface area contributed by atoms with Crippen LogP contribution in [-0.4, -0.2) is 74.8 Å². The van der Waals surface area contributed by atoms with Gasteiger partial charge in [-0.1, -0.05) is 49.9 Å². The number of hydrogen-bond acceptors (Lipinski definition) is 8. The number of nitrogens with one attached hydrogen (secondary N) is 2. The van der Waals surface area contributed by atoms with E-state index in [1.807, 2.05) is 18.2 Å². The lowest BCUT2D eigenvalue weighted by molar-refractivity contribution is -0.136. The van der Waals surface area contributed by atoms with E-state index in [0.29, 0.717) is 29.1 Å².